The van der Waals surface area contributed by atoms with Crippen molar-refractivity contribution in [3.05, 3.63) is 105 Å². The molecule has 1 unspecified atom stereocenters. The number of benzene rings is 4. The number of nitrogens with one attached hydrogen (secondary N) is 2. The Hall–Kier alpha value is -6.69. The van der Waals surface area contributed by atoms with Gasteiger partial charge in [0.25, 0.3) is 11.8 Å². The fraction of sp³-hybridized carbons (Fsp3) is 0.525. The van der Waals surface area contributed by atoms with Crippen molar-refractivity contribution in [2.45, 2.75) is 112 Å². The van der Waals surface area contributed by atoms with Gasteiger partial charge in [-0.1, -0.05) is 12.1 Å². The summed E-state index contributed by atoms with van der Waals surface area (Å²) in [5.41, 5.74) is -3.30. The number of quaternary nitrogens is 1. The maximum Gasteiger partial charge on any atom is 0.501 e. The Balaban J connectivity index is 0.822. The van der Waals surface area contributed by atoms with E-state index in [9.17, 15) is 63.3 Å². The summed E-state index contributed by atoms with van der Waals surface area (Å²) in [4.78, 5) is 58.3. The molecule has 0 aromatic heterocycles. The summed E-state index contributed by atoms with van der Waals surface area (Å²) >= 11 is 0. The van der Waals surface area contributed by atoms with Crippen LogP contribution in [0, 0.1) is 0 Å². The van der Waals surface area contributed by atoms with Crippen LogP contribution in [0.5, 0.6) is 34.5 Å². The summed E-state index contributed by atoms with van der Waals surface area (Å²) in [5, 5.41) is 92.2. The highest BCUT2D eigenvalue weighted by molar-refractivity contribution is 7.82. The number of ketones is 2. The zero-order valence-corrected chi connectivity index (χ0v) is 50.0. The molecule has 29 nitrogen and oxygen atoms in total. The van der Waals surface area contributed by atoms with Gasteiger partial charge in [0.1, 0.15) is 65.7 Å². The van der Waals surface area contributed by atoms with Crippen LogP contribution in [0.15, 0.2) is 60.7 Å². The van der Waals surface area contributed by atoms with Crippen LogP contribution in [0.1, 0.15) is 84.8 Å². The van der Waals surface area contributed by atoms with Crippen molar-refractivity contribution in [2.24, 2.45) is 0 Å². The van der Waals surface area contributed by atoms with Crippen molar-refractivity contribution in [2.75, 3.05) is 87.5 Å². The first-order valence-electron chi connectivity index (χ1n) is 28.8. The van der Waals surface area contributed by atoms with Gasteiger partial charge in [-0.2, -0.15) is 0 Å². The standard InChI is InChI=1S/C59H72N4O25S/c1-29-53-35(62-17-21-81-57(79-5)55(62)86-53)24-41(82-29)83-39-26-59(75,25-34-43(39)50(70)45-44(47(34)67)46(66)33-7-6-8-37(78-4)42(33)49(45)69)58(74)61-15-18-63(2,3)27-30-9-12-32(13-10-30)87-89(76,77)88-38-23-31(54(73)60-16-20-80-22-19-64)11-14-36(38)84-56-52(72)51(71)48(68)40(28-65)85-56/h6-14,23,29,35,39-41,48,51-53,55-57,64-65,68,71-72,75H,15-22,24-28H2,1-5H3,(H3-,60,61,66,67,69,70,73,74)/p+1/t29-,35-,39-,40+,41-,48-,51-,52+,53+,55+,56?,57-,59-/m0/s1. The monoisotopic (exact) mass is 1270 g/mol. The molecule has 10 N–H and O–H groups in total. The van der Waals surface area contributed by atoms with Crippen LogP contribution in [0.4, 0.5) is 0 Å². The Kier molecular flexibility index (Phi) is 19.5. The lowest BCUT2D eigenvalue weighted by molar-refractivity contribution is -0.902. The van der Waals surface area contributed by atoms with E-state index in [0.29, 0.717) is 25.3 Å². The molecule has 2 amide bonds. The van der Waals surface area contributed by atoms with E-state index in [4.69, 9.17) is 56.1 Å². The van der Waals surface area contributed by atoms with E-state index in [1.165, 1.54) is 50.6 Å². The number of aliphatic hydroxyl groups excluding tert-OH is 5. The molecule has 4 fully saturated rings. The second-order valence-electron chi connectivity index (χ2n) is 23.1. The number of aromatic hydroxyl groups is 2. The Labute approximate surface area is 510 Å². The maximum atomic E-state index is 14.5. The number of carbonyl (C=O) groups is 4. The molecule has 4 aliphatic heterocycles. The van der Waals surface area contributed by atoms with Crippen molar-refractivity contribution in [3.8, 4) is 34.5 Å². The van der Waals surface area contributed by atoms with Gasteiger partial charge in [-0.3, -0.25) is 24.1 Å². The van der Waals surface area contributed by atoms with E-state index in [2.05, 4.69) is 15.5 Å². The van der Waals surface area contributed by atoms with Gasteiger partial charge in [0.15, 0.2) is 36.1 Å². The second kappa shape index (κ2) is 26.6. The van der Waals surface area contributed by atoms with Crippen molar-refractivity contribution in [3.63, 3.8) is 0 Å². The van der Waals surface area contributed by atoms with E-state index in [-0.39, 0.29) is 95.7 Å². The van der Waals surface area contributed by atoms with Crippen LogP contribution in [-0.2, 0) is 61.3 Å². The first-order chi connectivity index (χ1) is 42.4. The summed E-state index contributed by atoms with van der Waals surface area (Å²) in [6.45, 7) is 2.28. The van der Waals surface area contributed by atoms with Gasteiger partial charge in [-0.05, 0) is 55.5 Å². The molecule has 484 valence electrons. The summed E-state index contributed by atoms with van der Waals surface area (Å²) in [5.74, 6) is -5.77. The number of carbonyl (C=O) groups excluding carboxylic acids is 4. The molecule has 30 heteroatoms. The predicted octanol–water partition coefficient (Wildman–Crippen LogP) is -0.837. The quantitative estimate of drug-likeness (QED) is 0.0217. The van der Waals surface area contributed by atoms with Crippen LogP contribution in [0.2, 0.25) is 0 Å². The zero-order valence-electron chi connectivity index (χ0n) is 49.2. The number of nitrogens with zero attached hydrogens (tertiary/aromatic N) is 2. The van der Waals surface area contributed by atoms with Gasteiger partial charge in [-0.25, -0.2) is 0 Å². The molecule has 0 saturated carbocycles. The molecule has 4 aromatic carbocycles. The molecule has 4 aromatic rings. The molecule has 13 atom stereocenters. The first kappa shape index (κ1) is 65.3. The van der Waals surface area contributed by atoms with Crippen LogP contribution in [0.3, 0.4) is 0 Å². The first-order valence-corrected chi connectivity index (χ1v) is 30.1. The van der Waals surface area contributed by atoms with E-state index in [1.807, 2.05) is 14.1 Å². The Morgan fingerprint density at radius 1 is 0.831 bits per heavy atom. The molecule has 0 radical (unpaired) electrons. The molecule has 10 rings (SSSR count). The van der Waals surface area contributed by atoms with Crippen molar-refractivity contribution in [1.82, 2.24) is 15.5 Å². The third-order valence-electron chi connectivity index (χ3n) is 16.6. The van der Waals surface area contributed by atoms with E-state index in [0.717, 1.165) is 12.1 Å². The number of phenols is 2. The van der Waals surface area contributed by atoms with Crippen LogP contribution >= 0.6 is 0 Å². The average molecular weight is 1270 g/mol. The topological polar surface area (TPSA) is 393 Å². The highest BCUT2D eigenvalue weighted by atomic mass is 32.3. The molecule has 4 saturated heterocycles. The minimum Gasteiger partial charge on any atom is -0.507 e. The lowest BCUT2D eigenvalue weighted by atomic mass is 9.72. The summed E-state index contributed by atoms with van der Waals surface area (Å²) < 4.78 is 90.4. The van der Waals surface area contributed by atoms with Crippen molar-refractivity contribution in [1.29, 1.82) is 0 Å². The normalized spacial score (nSPS) is 28.3. The van der Waals surface area contributed by atoms with Crippen LogP contribution in [0.25, 0.3) is 0 Å². The number of aliphatic hydroxyl groups is 6. The SMILES string of the molecule is COc1cccc2c1C(=O)c1c(O)c3c(c(O)c1C2=O)C[C@@](O)(C(=O)NCC[N+](C)(C)Cc1ccc(OS(=O)(=O)Oc2cc(C(=O)NCCOCCO)ccc2OC2O[C@H](CO)[C@H](O)[C@H](O)[C@H]2O)cc1)C[C@@H]3O[C@H]1C[C@H]2[C@H](O[C@@H]3[C@@H](OC)OCCN32)[C@H](C)O1. The van der Waals surface area contributed by atoms with Crippen LogP contribution in [-0.4, -0.2) is 243 Å². The Morgan fingerprint density at radius 2 is 1.58 bits per heavy atom. The fourth-order valence-electron chi connectivity index (χ4n) is 12.2. The van der Waals surface area contributed by atoms with Crippen molar-refractivity contribution >= 4 is 33.8 Å². The number of hydrogen-bond donors (Lipinski definition) is 10. The van der Waals surface area contributed by atoms with E-state index in [1.54, 1.807) is 19.1 Å². The molecule has 4 heterocycles. The molecular formula is C59H73N4O25S+. The van der Waals surface area contributed by atoms with Gasteiger partial charge < -0.3 is 107 Å². The molecule has 0 spiro atoms. The number of hydrogen-bond acceptors (Lipinski definition) is 26. The van der Waals surface area contributed by atoms with Gasteiger partial charge in [0.2, 0.25) is 12.1 Å². The molecule has 2 aliphatic carbocycles. The predicted molar refractivity (Wildman–Crippen MR) is 303 cm³/mol. The fourth-order valence-corrected chi connectivity index (χ4v) is 12.9. The zero-order chi connectivity index (χ0) is 63.9. The van der Waals surface area contributed by atoms with Gasteiger partial charge >= 0.3 is 10.4 Å². The third-order valence-corrected chi connectivity index (χ3v) is 17.4. The van der Waals surface area contributed by atoms with Crippen LogP contribution < -0.4 is 28.5 Å². The molecular weight excluding hydrogens is 1200 g/mol. The van der Waals surface area contributed by atoms with Gasteiger partial charge in [0.05, 0.1) is 96.2 Å². The third kappa shape index (κ3) is 13.4. The Bertz CT molecular complexity index is 3410. The summed E-state index contributed by atoms with van der Waals surface area (Å²) in [6.07, 6.45) is -14.2. The number of morpholine rings is 1. The smallest absolute Gasteiger partial charge is 0.501 e. The lowest BCUT2D eigenvalue weighted by Gasteiger charge is -2.43. The van der Waals surface area contributed by atoms with Crippen molar-refractivity contribution < 1.29 is 124 Å². The van der Waals surface area contributed by atoms with Gasteiger partial charge in [0, 0.05) is 73.3 Å². The number of amides is 2. The number of ether oxygens (including phenoxy) is 9. The van der Waals surface area contributed by atoms with Gasteiger partial charge in [-0.15, -0.1) is 8.42 Å². The largest absolute Gasteiger partial charge is 0.507 e. The molecule has 89 heavy (non-hydrogen) atoms. The number of phenolic OH excluding ortho intramolecular Hbond substituents is 2. The van der Waals surface area contributed by atoms with E-state index >= 15 is 0 Å². The maximum absolute atomic E-state index is 14.5. The number of methoxy groups -OCH3 is 2. The highest BCUT2D eigenvalue weighted by Crippen LogP contribution is 2.53. The average Bonchev–Trinajstić information content (AvgIpc) is 1.22. The summed E-state index contributed by atoms with van der Waals surface area (Å²) in [6, 6.07) is 13.3. The summed E-state index contributed by atoms with van der Waals surface area (Å²) in [7, 11) is 1.48. The Morgan fingerprint density at radius 3 is 2.30 bits per heavy atom. The lowest BCUT2D eigenvalue weighted by Crippen LogP contribution is -2.60. The second-order valence-corrected chi connectivity index (χ2v) is 24.2. The minimum atomic E-state index is -5.06. The highest BCUT2D eigenvalue weighted by Gasteiger charge is 2.56. The molecule has 0 bridgehead atoms. The number of fused-ring (bicyclic) bond motifs is 6. The number of likely N-dealkylation sites (N-methyl/N-ethyl adjacent to an activating group) is 1. The minimum absolute atomic E-state index is 0.00936. The molecule has 6 aliphatic rings. The number of rotatable bonds is 23. The van der Waals surface area contributed by atoms with E-state index < -0.39 is 161 Å².